The molecule has 4 heteroatoms. The van der Waals surface area contributed by atoms with Crippen molar-refractivity contribution in [3.05, 3.63) is 10.4 Å². The van der Waals surface area contributed by atoms with Crippen molar-refractivity contribution in [2.24, 2.45) is 5.11 Å². The van der Waals surface area contributed by atoms with E-state index in [0.717, 1.165) is 0 Å². The summed E-state index contributed by atoms with van der Waals surface area (Å²) < 4.78 is 0. The summed E-state index contributed by atoms with van der Waals surface area (Å²) in [5.41, 5.74) is 7.85. The maximum atomic E-state index is 8.79. The van der Waals surface area contributed by atoms with Gasteiger partial charge in [0.2, 0.25) is 0 Å². The van der Waals surface area contributed by atoms with Crippen LogP contribution >= 0.6 is 0 Å². The number of hydrogen-bond donors (Lipinski definition) is 1. The molecule has 0 heterocycles. The van der Waals surface area contributed by atoms with Gasteiger partial charge in [-0.15, -0.1) is 12.3 Å². The van der Waals surface area contributed by atoms with Crippen LogP contribution in [0, 0.1) is 12.3 Å². The summed E-state index contributed by atoms with van der Waals surface area (Å²) in [5, 5.41) is 11.9. The first-order valence-electron chi connectivity index (χ1n) is 2.97. The van der Waals surface area contributed by atoms with Crippen molar-refractivity contribution in [3.63, 3.8) is 0 Å². The van der Waals surface area contributed by atoms with Crippen LogP contribution in [0.2, 0.25) is 0 Å². The molecule has 0 saturated heterocycles. The molecule has 0 aliphatic carbocycles. The van der Waals surface area contributed by atoms with Gasteiger partial charge < -0.3 is 5.11 Å². The predicted octanol–water partition coefficient (Wildman–Crippen LogP) is 1.42. The molecular formula is C6H9N3O. The summed E-state index contributed by atoms with van der Waals surface area (Å²) in [4.78, 5) is 2.44. The third kappa shape index (κ3) is 4.98. The lowest BCUT2D eigenvalue weighted by molar-refractivity contribution is 0.170. The zero-order chi connectivity index (χ0) is 7.82. The zero-order valence-corrected chi connectivity index (χ0v) is 5.56. The fourth-order valence-electron chi connectivity index (χ4n) is 0.504. The third-order valence-electron chi connectivity index (χ3n) is 0.968. The molecule has 0 saturated carbocycles. The highest BCUT2D eigenvalue weighted by molar-refractivity contribution is 4.83. The molecule has 0 aromatic rings. The molecule has 4 nitrogen and oxygen atoms in total. The van der Waals surface area contributed by atoms with Gasteiger partial charge in [-0.05, 0) is 18.4 Å². The van der Waals surface area contributed by atoms with Crippen LogP contribution in [-0.4, -0.2) is 11.3 Å². The van der Waals surface area contributed by atoms with E-state index in [9.17, 15) is 0 Å². The SMILES string of the molecule is C#CCCCC(O)N=[N+]=[N-]. The minimum Gasteiger partial charge on any atom is -0.387 e. The summed E-state index contributed by atoms with van der Waals surface area (Å²) in [7, 11) is 0. The smallest absolute Gasteiger partial charge is 0.133 e. The van der Waals surface area contributed by atoms with E-state index in [1.807, 2.05) is 0 Å². The number of hydrogen-bond acceptors (Lipinski definition) is 2. The first kappa shape index (κ1) is 8.83. The summed E-state index contributed by atoms with van der Waals surface area (Å²) in [6, 6.07) is 0. The lowest BCUT2D eigenvalue weighted by Gasteiger charge is -1.98. The van der Waals surface area contributed by atoms with Crippen molar-refractivity contribution < 1.29 is 5.11 Å². The van der Waals surface area contributed by atoms with E-state index < -0.39 is 6.23 Å². The summed E-state index contributed by atoms with van der Waals surface area (Å²) >= 11 is 0. The number of terminal acetylenes is 1. The van der Waals surface area contributed by atoms with Crippen molar-refractivity contribution in [1.82, 2.24) is 0 Å². The van der Waals surface area contributed by atoms with Crippen LogP contribution in [0.25, 0.3) is 10.4 Å². The molecule has 0 aromatic carbocycles. The maximum Gasteiger partial charge on any atom is 0.133 e. The number of aliphatic hydroxyl groups excluding tert-OH is 1. The van der Waals surface area contributed by atoms with Crippen LogP contribution in [0.15, 0.2) is 5.11 Å². The van der Waals surface area contributed by atoms with E-state index in [1.165, 1.54) is 0 Å². The fraction of sp³-hybridized carbons (Fsp3) is 0.667. The van der Waals surface area contributed by atoms with Gasteiger partial charge >= 0.3 is 0 Å². The van der Waals surface area contributed by atoms with E-state index >= 15 is 0 Å². The molecule has 0 aliphatic rings. The van der Waals surface area contributed by atoms with E-state index in [-0.39, 0.29) is 0 Å². The highest BCUT2D eigenvalue weighted by Gasteiger charge is 1.97. The molecular weight excluding hydrogens is 130 g/mol. The Labute approximate surface area is 59.5 Å². The summed E-state index contributed by atoms with van der Waals surface area (Å²) in [6.07, 6.45) is 5.77. The van der Waals surface area contributed by atoms with Gasteiger partial charge in [0.25, 0.3) is 0 Å². The Morgan fingerprint density at radius 3 is 3.00 bits per heavy atom. The second-order valence-electron chi connectivity index (χ2n) is 1.78. The lowest BCUT2D eigenvalue weighted by atomic mass is 10.2. The Bertz CT molecular complexity index is 166. The van der Waals surface area contributed by atoms with Crippen LogP contribution in [-0.2, 0) is 0 Å². The predicted molar refractivity (Wildman–Crippen MR) is 37.8 cm³/mol. The number of rotatable bonds is 4. The van der Waals surface area contributed by atoms with Crippen LogP contribution in [0.3, 0.4) is 0 Å². The molecule has 0 aliphatic heterocycles. The Balaban J connectivity index is 3.32. The Morgan fingerprint density at radius 2 is 2.50 bits per heavy atom. The number of nitrogens with zero attached hydrogens (tertiary/aromatic N) is 3. The maximum absolute atomic E-state index is 8.79. The molecule has 10 heavy (non-hydrogen) atoms. The van der Waals surface area contributed by atoms with Gasteiger partial charge in [-0.25, -0.2) is 0 Å². The average molecular weight is 139 g/mol. The van der Waals surface area contributed by atoms with E-state index in [1.54, 1.807) is 0 Å². The normalized spacial score (nSPS) is 11.2. The number of unbranched alkanes of at least 4 members (excludes halogenated alkanes) is 1. The van der Waals surface area contributed by atoms with Crippen molar-refractivity contribution in [1.29, 1.82) is 0 Å². The zero-order valence-electron chi connectivity index (χ0n) is 5.56. The highest BCUT2D eigenvalue weighted by Crippen LogP contribution is 2.00. The van der Waals surface area contributed by atoms with Gasteiger partial charge in [-0.1, -0.05) is 5.11 Å². The molecule has 0 spiro atoms. The Hall–Kier alpha value is -1.17. The quantitative estimate of drug-likeness (QED) is 0.207. The van der Waals surface area contributed by atoms with Crippen LogP contribution in [0.4, 0.5) is 0 Å². The third-order valence-corrected chi connectivity index (χ3v) is 0.968. The molecule has 0 aromatic heterocycles. The van der Waals surface area contributed by atoms with Gasteiger partial charge in [0, 0.05) is 11.3 Å². The Kier molecular flexibility index (Phi) is 5.26. The van der Waals surface area contributed by atoms with E-state index in [4.69, 9.17) is 17.1 Å². The van der Waals surface area contributed by atoms with Gasteiger partial charge in [-0.3, -0.25) is 0 Å². The molecule has 1 unspecified atom stereocenters. The molecule has 0 bridgehead atoms. The number of aliphatic hydroxyl groups is 1. The van der Waals surface area contributed by atoms with Crippen LogP contribution in [0.5, 0.6) is 0 Å². The van der Waals surface area contributed by atoms with Gasteiger partial charge in [-0.2, -0.15) is 0 Å². The fourth-order valence-corrected chi connectivity index (χ4v) is 0.504. The number of azide groups is 1. The van der Waals surface area contributed by atoms with Crippen molar-refractivity contribution >= 4 is 0 Å². The van der Waals surface area contributed by atoms with E-state index in [0.29, 0.717) is 19.3 Å². The minimum atomic E-state index is -0.918. The first-order chi connectivity index (χ1) is 4.81. The molecule has 1 N–H and O–H groups in total. The van der Waals surface area contributed by atoms with Crippen LogP contribution in [0.1, 0.15) is 19.3 Å². The standard InChI is InChI=1S/C6H9N3O/c1-2-3-4-5-6(10)8-9-7/h1,6,10H,3-5H2. The summed E-state index contributed by atoms with van der Waals surface area (Å²) in [5.74, 6) is 2.42. The average Bonchev–Trinajstić information content (AvgIpc) is 1.89. The molecule has 54 valence electrons. The van der Waals surface area contributed by atoms with E-state index in [2.05, 4.69) is 15.9 Å². The topological polar surface area (TPSA) is 69.0 Å². The second kappa shape index (κ2) is 5.96. The molecule has 0 amide bonds. The largest absolute Gasteiger partial charge is 0.387 e. The Morgan fingerprint density at radius 1 is 1.80 bits per heavy atom. The highest BCUT2D eigenvalue weighted by atomic mass is 16.3. The summed E-state index contributed by atoms with van der Waals surface area (Å²) in [6.45, 7) is 0. The monoisotopic (exact) mass is 139 g/mol. The van der Waals surface area contributed by atoms with Crippen molar-refractivity contribution in [2.45, 2.75) is 25.5 Å². The molecule has 0 fully saturated rings. The molecule has 0 rings (SSSR count). The lowest BCUT2D eigenvalue weighted by Crippen LogP contribution is -1.99. The second-order valence-corrected chi connectivity index (χ2v) is 1.78. The van der Waals surface area contributed by atoms with Gasteiger partial charge in [0.05, 0.1) is 0 Å². The van der Waals surface area contributed by atoms with Gasteiger partial charge in [0.1, 0.15) is 6.23 Å². The minimum absolute atomic E-state index is 0.439. The van der Waals surface area contributed by atoms with Crippen molar-refractivity contribution in [2.75, 3.05) is 0 Å². The molecule has 1 atom stereocenters. The van der Waals surface area contributed by atoms with Crippen LogP contribution < -0.4 is 0 Å². The van der Waals surface area contributed by atoms with Gasteiger partial charge in [0.15, 0.2) is 0 Å². The first-order valence-corrected chi connectivity index (χ1v) is 2.97. The molecule has 0 radical (unpaired) electrons. The van der Waals surface area contributed by atoms with Crippen molar-refractivity contribution in [3.8, 4) is 12.3 Å².